The van der Waals surface area contributed by atoms with Crippen LogP contribution in [0, 0.1) is 5.92 Å². The smallest absolute Gasteiger partial charge is 0.186 e. The van der Waals surface area contributed by atoms with E-state index >= 15 is 0 Å². The summed E-state index contributed by atoms with van der Waals surface area (Å²) in [6.45, 7) is 5.09. The maximum absolute atomic E-state index is 11.8. The number of hydrogen-bond acceptors (Lipinski definition) is 7. The Hall–Kier alpha value is -1.51. The third-order valence-electron chi connectivity index (χ3n) is 4.13. The Morgan fingerprint density at radius 1 is 1.31 bits per heavy atom. The monoisotopic (exact) mass is 370 g/mol. The van der Waals surface area contributed by atoms with E-state index < -0.39 is 30.4 Å². The molecule has 1 heterocycles. The van der Waals surface area contributed by atoms with E-state index in [2.05, 4.69) is 6.58 Å². The molecule has 0 amide bonds. The van der Waals surface area contributed by atoms with Crippen molar-refractivity contribution in [2.24, 2.45) is 5.92 Å². The molecule has 0 fully saturated rings. The van der Waals surface area contributed by atoms with Gasteiger partial charge in [0, 0.05) is 12.8 Å². The van der Waals surface area contributed by atoms with E-state index in [0.717, 1.165) is 0 Å². The molecule has 1 aliphatic rings. The number of aliphatic hydroxyl groups is 5. The average molecular weight is 370 g/mol. The number of carbonyl (C=O) groups excluding carboxylic acids is 1. The summed E-state index contributed by atoms with van der Waals surface area (Å²) in [7, 11) is 0. The number of hydrogen-bond donors (Lipinski definition) is 5. The lowest BCUT2D eigenvalue weighted by Gasteiger charge is -2.23. The van der Waals surface area contributed by atoms with Gasteiger partial charge in [-0.3, -0.25) is 4.79 Å². The highest BCUT2D eigenvalue weighted by molar-refractivity contribution is 5.93. The molecule has 0 aromatic carbocycles. The predicted octanol–water partition coefficient (Wildman–Crippen LogP) is 1.13. The van der Waals surface area contributed by atoms with E-state index in [1.807, 2.05) is 0 Å². The van der Waals surface area contributed by atoms with E-state index in [1.165, 1.54) is 12.2 Å². The summed E-state index contributed by atoms with van der Waals surface area (Å²) < 4.78 is 5.47. The van der Waals surface area contributed by atoms with Crippen LogP contribution in [-0.4, -0.2) is 62.0 Å². The minimum absolute atomic E-state index is 0.0261. The zero-order valence-electron chi connectivity index (χ0n) is 15.1. The second-order valence-corrected chi connectivity index (χ2v) is 6.77. The summed E-state index contributed by atoms with van der Waals surface area (Å²) in [5, 5.41) is 49.1. The number of ether oxygens (including phenoxy) is 1. The van der Waals surface area contributed by atoms with Crippen molar-refractivity contribution in [2.45, 2.75) is 69.7 Å². The zero-order valence-corrected chi connectivity index (χ0v) is 15.1. The molecule has 0 spiro atoms. The van der Waals surface area contributed by atoms with Gasteiger partial charge in [0.1, 0.15) is 6.10 Å². The van der Waals surface area contributed by atoms with Gasteiger partial charge in [-0.1, -0.05) is 24.8 Å². The van der Waals surface area contributed by atoms with Crippen LogP contribution in [0.3, 0.4) is 0 Å². The van der Waals surface area contributed by atoms with Crippen molar-refractivity contribution in [2.75, 3.05) is 0 Å². The van der Waals surface area contributed by atoms with Crippen LogP contribution in [0.1, 0.15) is 39.0 Å². The maximum atomic E-state index is 11.8. The van der Waals surface area contributed by atoms with Crippen LogP contribution in [0.15, 0.2) is 36.6 Å². The van der Waals surface area contributed by atoms with Crippen LogP contribution in [0.25, 0.3) is 0 Å². The van der Waals surface area contributed by atoms with Crippen molar-refractivity contribution in [3.63, 3.8) is 0 Å². The zero-order chi connectivity index (χ0) is 19.7. The third kappa shape index (κ3) is 8.73. The van der Waals surface area contributed by atoms with E-state index in [4.69, 9.17) is 4.74 Å². The summed E-state index contributed by atoms with van der Waals surface area (Å²) in [5.74, 6) is -1.01. The van der Waals surface area contributed by atoms with Crippen LogP contribution in [-0.2, 0) is 9.53 Å². The largest absolute Gasteiger partial charge is 0.513 e. The molecule has 0 bridgehead atoms. The Morgan fingerprint density at radius 2 is 2.00 bits per heavy atom. The van der Waals surface area contributed by atoms with E-state index in [-0.39, 0.29) is 43.5 Å². The molecule has 0 radical (unpaired) electrons. The quantitative estimate of drug-likeness (QED) is 0.371. The molecule has 26 heavy (non-hydrogen) atoms. The van der Waals surface area contributed by atoms with Crippen molar-refractivity contribution in [1.29, 1.82) is 0 Å². The highest BCUT2D eigenvalue weighted by atomic mass is 16.6. The van der Waals surface area contributed by atoms with Crippen molar-refractivity contribution in [3.8, 4) is 0 Å². The lowest BCUT2D eigenvalue weighted by Crippen LogP contribution is -2.32. The Bertz CT molecular complexity index is 514. The van der Waals surface area contributed by atoms with E-state index in [1.54, 1.807) is 19.1 Å². The van der Waals surface area contributed by atoms with Gasteiger partial charge in [-0.05, 0) is 38.2 Å². The van der Waals surface area contributed by atoms with Crippen molar-refractivity contribution >= 4 is 5.78 Å². The molecule has 7 heteroatoms. The fourth-order valence-electron chi connectivity index (χ4n) is 2.80. The molecule has 0 aliphatic carbocycles. The highest BCUT2D eigenvalue weighted by Crippen LogP contribution is 2.21. The summed E-state index contributed by atoms with van der Waals surface area (Å²) in [6.07, 6.45) is 1.92. The Balaban J connectivity index is 2.87. The Kier molecular flexibility index (Phi) is 9.75. The molecule has 5 unspecified atom stereocenters. The fourth-order valence-corrected chi connectivity index (χ4v) is 2.80. The van der Waals surface area contributed by atoms with Gasteiger partial charge in [0.15, 0.2) is 12.1 Å². The fraction of sp³-hybridized carbons (Fsp3) is 0.632. The predicted molar refractivity (Wildman–Crippen MR) is 96.2 cm³/mol. The van der Waals surface area contributed by atoms with Crippen LogP contribution >= 0.6 is 0 Å². The summed E-state index contributed by atoms with van der Waals surface area (Å²) in [6, 6.07) is 0. The molecular formula is C19H30O7. The molecule has 0 saturated heterocycles. The standard InChI is InChI=1S/C19H30O7/c1-12(20)9-15(21)10-14-6-4-8-17(23)19(25)16(22)7-3-5-13(2)26-18(24)11-14/h3-4,6-7,13-15,17-21,23-25H,1,5,8-11H2,2H3/b6-4+,7-3-/t13?,14?,15?,17?,18?,19-/m1/s1. The van der Waals surface area contributed by atoms with Crippen molar-refractivity contribution < 1.29 is 35.1 Å². The van der Waals surface area contributed by atoms with Gasteiger partial charge < -0.3 is 30.3 Å². The van der Waals surface area contributed by atoms with Crippen molar-refractivity contribution in [3.05, 3.63) is 36.6 Å². The maximum Gasteiger partial charge on any atom is 0.186 e. The van der Waals surface area contributed by atoms with Gasteiger partial charge in [-0.25, -0.2) is 0 Å². The SMILES string of the molecule is C=C(O)CC(O)CC1/C=C/CC(O)[C@H](O)C(=O)/C=C\CC(C)OC(O)C1. The first-order valence-corrected chi connectivity index (χ1v) is 8.80. The van der Waals surface area contributed by atoms with Crippen LogP contribution in [0.2, 0.25) is 0 Å². The number of aliphatic hydroxyl groups excluding tert-OH is 5. The average Bonchev–Trinajstić information content (AvgIpc) is 2.51. The second kappa shape index (κ2) is 11.3. The Morgan fingerprint density at radius 3 is 2.65 bits per heavy atom. The third-order valence-corrected chi connectivity index (χ3v) is 4.13. The lowest BCUT2D eigenvalue weighted by atomic mass is 9.94. The van der Waals surface area contributed by atoms with Gasteiger partial charge in [0.2, 0.25) is 0 Å². The van der Waals surface area contributed by atoms with Gasteiger partial charge >= 0.3 is 0 Å². The number of carbonyl (C=O) groups is 1. The van der Waals surface area contributed by atoms with E-state index in [0.29, 0.717) is 6.42 Å². The topological polar surface area (TPSA) is 127 Å². The molecular weight excluding hydrogens is 340 g/mol. The Labute approximate surface area is 153 Å². The molecule has 148 valence electrons. The molecule has 5 N–H and O–H groups in total. The molecule has 7 nitrogen and oxygen atoms in total. The van der Waals surface area contributed by atoms with E-state index in [9.17, 15) is 30.3 Å². The molecule has 1 aliphatic heterocycles. The minimum Gasteiger partial charge on any atom is -0.513 e. The van der Waals surface area contributed by atoms with Crippen LogP contribution in [0.4, 0.5) is 0 Å². The second-order valence-electron chi connectivity index (χ2n) is 6.77. The van der Waals surface area contributed by atoms with Crippen LogP contribution in [0.5, 0.6) is 0 Å². The first-order chi connectivity index (χ1) is 12.2. The molecule has 6 atom stereocenters. The number of rotatable bonds is 4. The molecule has 0 saturated carbocycles. The molecule has 0 aromatic rings. The minimum atomic E-state index is -1.51. The van der Waals surface area contributed by atoms with Crippen molar-refractivity contribution in [1.82, 2.24) is 0 Å². The summed E-state index contributed by atoms with van der Waals surface area (Å²) in [5.41, 5.74) is 0. The first-order valence-electron chi connectivity index (χ1n) is 8.80. The highest BCUT2D eigenvalue weighted by Gasteiger charge is 2.23. The van der Waals surface area contributed by atoms with Gasteiger partial charge in [0.05, 0.1) is 24.1 Å². The van der Waals surface area contributed by atoms with Gasteiger partial charge in [0.25, 0.3) is 0 Å². The van der Waals surface area contributed by atoms with Crippen LogP contribution < -0.4 is 0 Å². The summed E-state index contributed by atoms with van der Waals surface area (Å²) in [4.78, 5) is 11.8. The van der Waals surface area contributed by atoms with Gasteiger partial charge in [-0.15, -0.1) is 0 Å². The lowest BCUT2D eigenvalue weighted by molar-refractivity contribution is -0.138. The molecule has 1 rings (SSSR count). The number of allylic oxidation sites excluding steroid dienone is 1. The number of ketones is 1. The molecule has 0 aromatic heterocycles. The normalized spacial score (nSPS) is 35.3. The van der Waals surface area contributed by atoms with Gasteiger partial charge in [-0.2, -0.15) is 0 Å². The first kappa shape index (κ1) is 22.5. The summed E-state index contributed by atoms with van der Waals surface area (Å²) >= 11 is 0.